The number of amides is 1. The first-order chi connectivity index (χ1) is 8.66. The Morgan fingerprint density at radius 3 is 2.94 bits per heavy atom. The molecule has 2 rings (SSSR count). The summed E-state index contributed by atoms with van der Waals surface area (Å²) in [6.45, 7) is 0.828. The van der Waals surface area contributed by atoms with Crippen LogP contribution in [-0.2, 0) is 0 Å². The molecule has 96 valence electrons. The third-order valence-electron chi connectivity index (χ3n) is 3.20. The van der Waals surface area contributed by atoms with E-state index < -0.39 is 11.7 Å². The number of benzene rings is 1. The van der Waals surface area contributed by atoms with Crippen LogP contribution in [0.1, 0.15) is 29.6 Å². The number of anilines is 1. The summed E-state index contributed by atoms with van der Waals surface area (Å²) in [5.74, 6) is -0.720. The van der Waals surface area contributed by atoms with Crippen molar-refractivity contribution in [1.29, 1.82) is 0 Å². The number of nitrogens with one attached hydrogen (secondary N) is 1. The van der Waals surface area contributed by atoms with E-state index in [1.165, 1.54) is 12.1 Å². The van der Waals surface area contributed by atoms with Gasteiger partial charge < -0.3 is 11.1 Å². The van der Waals surface area contributed by atoms with Crippen molar-refractivity contribution in [3.05, 3.63) is 41.7 Å². The molecule has 0 saturated carbocycles. The van der Waals surface area contributed by atoms with Crippen LogP contribution in [0.25, 0.3) is 0 Å². The summed E-state index contributed by atoms with van der Waals surface area (Å²) >= 11 is 0. The average molecular weight is 248 g/mol. The van der Waals surface area contributed by atoms with E-state index in [-0.39, 0.29) is 5.56 Å². The topological polar surface area (TPSA) is 55.1 Å². The second-order valence-electron chi connectivity index (χ2n) is 4.59. The molecule has 1 amide bonds. The summed E-state index contributed by atoms with van der Waals surface area (Å²) in [6, 6.07) is 4.36. The third kappa shape index (κ3) is 3.09. The Morgan fingerprint density at radius 1 is 1.44 bits per heavy atom. The van der Waals surface area contributed by atoms with E-state index in [9.17, 15) is 9.18 Å². The van der Waals surface area contributed by atoms with E-state index in [0.29, 0.717) is 5.92 Å². The minimum Gasteiger partial charge on any atom is -0.385 e. The summed E-state index contributed by atoms with van der Waals surface area (Å²) in [5, 5.41) is 3.23. The molecule has 1 aliphatic carbocycles. The third-order valence-corrected chi connectivity index (χ3v) is 3.20. The highest BCUT2D eigenvalue weighted by Crippen LogP contribution is 2.20. The molecule has 0 radical (unpaired) electrons. The van der Waals surface area contributed by atoms with Crippen molar-refractivity contribution in [1.82, 2.24) is 0 Å². The smallest absolute Gasteiger partial charge is 0.251 e. The largest absolute Gasteiger partial charge is 0.385 e. The monoisotopic (exact) mass is 248 g/mol. The van der Waals surface area contributed by atoms with Crippen molar-refractivity contribution >= 4 is 11.6 Å². The number of hydrogen-bond donors (Lipinski definition) is 2. The first-order valence-corrected chi connectivity index (χ1v) is 6.15. The maximum atomic E-state index is 13.3. The SMILES string of the molecule is NC(=O)c1cc(NCC2CC=CCC2)ccc1F. The molecule has 18 heavy (non-hydrogen) atoms. The van der Waals surface area contributed by atoms with Crippen LogP contribution in [0.2, 0.25) is 0 Å². The van der Waals surface area contributed by atoms with Crippen molar-refractivity contribution in [2.75, 3.05) is 11.9 Å². The Bertz CT molecular complexity index is 471. The Labute approximate surface area is 106 Å². The van der Waals surface area contributed by atoms with Crippen molar-refractivity contribution in [2.45, 2.75) is 19.3 Å². The minimum absolute atomic E-state index is 0.0662. The zero-order valence-corrected chi connectivity index (χ0v) is 10.2. The molecule has 0 spiro atoms. The second-order valence-corrected chi connectivity index (χ2v) is 4.59. The summed E-state index contributed by atoms with van der Waals surface area (Å²) in [4.78, 5) is 11.0. The Kier molecular flexibility index (Phi) is 3.97. The van der Waals surface area contributed by atoms with Crippen molar-refractivity contribution in [2.24, 2.45) is 11.7 Å². The van der Waals surface area contributed by atoms with Crippen molar-refractivity contribution in [3.8, 4) is 0 Å². The molecule has 0 bridgehead atoms. The highest BCUT2D eigenvalue weighted by molar-refractivity contribution is 5.94. The molecule has 1 aromatic carbocycles. The van der Waals surface area contributed by atoms with Gasteiger partial charge in [-0.25, -0.2) is 4.39 Å². The van der Waals surface area contributed by atoms with Crippen LogP contribution in [0.5, 0.6) is 0 Å². The standard InChI is InChI=1S/C14H17FN2O/c15-13-7-6-11(8-12(13)14(16)18)17-9-10-4-2-1-3-5-10/h1-2,6-8,10,17H,3-5,9H2,(H2,16,18). The summed E-state index contributed by atoms with van der Waals surface area (Å²) < 4.78 is 13.3. The van der Waals surface area contributed by atoms with Crippen LogP contribution in [0.15, 0.2) is 30.4 Å². The van der Waals surface area contributed by atoms with E-state index in [2.05, 4.69) is 17.5 Å². The van der Waals surface area contributed by atoms with Crippen LogP contribution in [0.3, 0.4) is 0 Å². The molecule has 0 fully saturated rings. The van der Waals surface area contributed by atoms with Gasteiger partial charge in [-0.3, -0.25) is 4.79 Å². The molecule has 1 aliphatic rings. The molecular weight excluding hydrogens is 231 g/mol. The summed E-state index contributed by atoms with van der Waals surface area (Å²) in [7, 11) is 0. The lowest BCUT2D eigenvalue weighted by atomic mass is 9.94. The van der Waals surface area contributed by atoms with Gasteiger partial charge in [0.25, 0.3) is 5.91 Å². The van der Waals surface area contributed by atoms with Gasteiger partial charge in [-0.2, -0.15) is 0 Å². The van der Waals surface area contributed by atoms with E-state index in [1.807, 2.05) is 0 Å². The molecule has 0 aromatic heterocycles. The predicted molar refractivity (Wildman–Crippen MR) is 69.9 cm³/mol. The molecule has 4 heteroatoms. The molecule has 1 aromatic rings. The van der Waals surface area contributed by atoms with Gasteiger partial charge in [0.15, 0.2) is 0 Å². The first-order valence-electron chi connectivity index (χ1n) is 6.15. The minimum atomic E-state index is -0.739. The maximum absolute atomic E-state index is 13.3. The lowest BCUT2D eigenvalue weighted by molar-refractivity contribution is 0.0996. The quantitative estimate of drug-likeness (QED) is 0.805. The van der Waals surface area contributed by atoms with E-state index >= 15 is 0 Å². The molecule has 0 aliphatic heterocycles. The number of halogens is 1. The first kappa shape index (κ1) is 12.6. The lowest BCUT2D eigenvalue weighted by Crippen LogP contribution is -2.17. The molecular formula is C14H17FN2O. The Morgan fingerprint density at radius 2 is 2.28 bits per heavy atom. The van der Waals surface area contributed by atoms with Crippen molar-refractivity contribution < 1.29 is 9.18 Å². The van der Waals surface area contributed by atoms with E-state index in [1.54, 1.807) is 6.07 Å². The molecule has 3 nitrogen and oxygen atoms in total. The van der Waals surface area contributed by atoms with Gasteiger partial charge in [-0.15, -0.1) is 0 Å². The molecule has 0 heterocycles. The number of hydrogen-bond acceptors (Lipinski definition) is 2. The fourth-order valence-corrected chi connectivity index (χ4v) is 2.13. The fraction of sp³-hybridized carbons (Fsp3) is 0.357. The van der Waals surface area contributed by atoms with Crippen LogP contribution in [-0.4, -0.2) is 12.5 Å². The van der Waals surface area contributed by atoms with Crippen LogP contribution < -0.4 is 11.1 Å². The summed E-state index contributed by atoms with van der Waals surface area (Å²) in [5.41, 5.74) is 5.78. The summed E-state index contributed by atoms with van der Waals surface area (Å²) in [6.07, 6.45) is 7.72. The number of carbonyl (C=O) groups excluding carboxylic acids is 1. The normalized spacial score (nSPS) is 18.6. The average Bonchev–Trinajstić information content (AvgIpc) is 2.38. The van der Waals surface area contributed by atoms with Gasteiger partial charge in [0.2, 0.25) is 0 Å². The second kappa shape index (κ2) is 5.67. The Hall–Kier alpha value is -1.84. The van der Waals surface area contributed by atoms with Crippen LogP contribution in [0.4, 0.5) is 10.1 Å². The maximum Gasteiger partial charge on any atom is 0.251 e. The fourth-order valence-electron chi connectivity index (χ4n) is 2.13. The van der Waals surface area contributed by atoms with Crippen LogP contribution >= 0.6 is 0 Å². The van der Waals surface area contributed by atoms with Gasteiger partial charge in [0, 0.05) is 12.2 Å². The van der Waals surface area contributed by atoms with Crippen LogP contribution in [0, 0.1) is 11.7 Å². The number of nitrogens with two attached hydrogens (primary N) is 1. The number of allylic oxidation sites excluding steroid dienone is 2. The molecule has 0 saturated heterocycles. The molecule has 1 atom stereocenters. The van der Waals surface area contributed by atoms with E-state index in [0.717, 1.165) is 31.5 Å². The highest BCUT2D eigenvalue weighted by atomic mass is 19.1. The van der Waals surface area contributed by atoms with Gasteiger partial charge in [-0.05, 0) is 43.4 Å². The molecule has 1 unspecified atom stereocenters. The lowest BCUT2D eigenvalue weighted by Gasteiger charge is -2.19. The number of rotatable bonds is 4. The van der Waals surface area contributed by atoms with Gasteiger partial charge in [0.05, 0.1) is 5.56 Å². The number of primary amides is 1. The zero-order chi connectivity index (χ0) is 13.0. The van der Waals surface area contributed by atoms with Gasteiger partial charge in [0.1, 0.15) is 5.82 Å². The van der Waals surface area contributed by atoms with Gasteiger partial charge >= 0.3 is 0 Å². The van der Waals surface area contributed by atoms with Gasteiger partial charge in [-0.1, -0.05) is 12.2 Å². The van der Waals surface area contributed by atoms with Crippen molar-refractivity contribution in [3.63, 3.8) is 0 Å². The Balaban J connectivity index is 1.99. The predicted octanol–water partition coefficient (Wildman–Crippen LogP) is 2.69. The highest BCUT2D eigenvalue weighted by Gasteiger charge is 2.11. The van der Waals surface area contributed by atoms with E-state index in [4.69, 9.17) is 5.73 Å². The number of carbonyl (C=O) groups is 1. The molecule has 3 N–H and O–H groups in total. The zero-order valence-electron chi connectivity index (χ0n) is 10.2.